The van der Waals surface area contributed by atoms with Crippen molar-refractivity contribution >= 4 is 21.6 Å². The molecular formula is C14H21BrN2O. The molecule has 2 atom stereocenters. The summed E-state index contributed by atoms with van der Waals surface area (Å²) in [6.07, 6.45) is -0.431. The summed E-state index contributed by atoms with van der Waals surface area (Å²) in [6.45, 7) is 7.25. The summed E-state index contributed by atoms with van der Waals surface area (Å²) < 4.78 is 0.988. The molecule has 1 saturated heterocycles. The summed E-state index contributed by atoms with van der Waals surface area (Å²) in [4.78, 5) is 4.79. The molecule has 1 heterocycles. The summed E-state index contributed by atoms with van der Waals surface area (Å²) in [5.41, 5.74) is 2.17. The van der Waals surface area contributed by atoms with Crippen molar-refractivity contribution < 1.29 is 5.11 Å². The Morgan fingerprint density at radius 1 is 1.39 bits per heavy atom. The minimum absolute atomic E-state index is 0.431. The Morgan fingerprint density at radius 3 is 2.67 bits per heavy atom. The SMILES string of the molecule is CC(O)c1ccc(N2CCN(C)C(C)C2)cc1Br. The lowest BCUT2D eigenvalue weighted by atomic mass is 10.1. The zero-order valence-electron chi connectivity index (χ0n) is 11.2. The molecule has 2 unspecified atom stereocenters. The van der Waals surface area contributed by atoms with E-state index in [1.54, 1.807) is 6.92 Å². The molecular weight excluding hydrogens is 292 g/mol. The number of piperazine rings is 1. The van der Waals surface area contributed by atoms with Crippen molar-refractivity contribution in [1.82, 2.24) is 4.90 Å². The number of benzene rings is 1. The fraction of sp³-hybridized carbons (Fsp3) is 0.571. The summed E-state index contributed by atoms with van der Waals surface area (Å²) in [5, 5.41) is 9.63. The van der Waals surface area contributed by atoms with E-state index in [4.69, 9.17) is 0 Å². The van der Waals surface area contributed by atoms with Gasteiger partial charge in [0.25, 0.3) is 0 Å². The molecule has 0 aromatic heterocycles. The number of rotatable bonds is 2. The molecule has 1 aromatic carbocycles. The molecule has 2 rings (SSSR count). The molecule has 100 valence electrons. The summed E-state index contributed by atoms with van der Waals surface area (Å²) in [7, 11) is 2.18. The van der Waals surface area contributed by atoms with Crippen LogP contribution in [0.2, 0.25) is 0 Å². The Balaban J connectivity index is 2.17. The highest BCUT2D eigenvalue weighted by molar-refractivity contribution is 9.10. The highest BCUT2D eigenvalue weighted by Gasteiger charge is 2.21. The van der Waals surface area contributed by atoms with Gasteiger partial charge in [0.1, 0.15) is 0 Å². The van der Waals surface area contributed by atoms with E-state index in [9.17, 15) is 5.11 Å². The van der Waals surface area contributed by atoms with Gasteiger partial charge in [-0.15, -0.1) is 0 Å². The number of anilines is 1. The molecule has 1 aliphatic rings. The van der Waals surface area contributed by atoms with E-state index >= 15 is 0 Å². The lowest BCUT2D eigenvalue weighted by molar-refractivity contribution is 0.198. The highest BCUT2D eigenvalue weighted by Crippen LogP contribution is 2.29. The topological polar surface area (TPSA) is 26.7 Å². The number of halogens is 1. The Bertz CT molecular complexity index is 422. The molecule has 4 heteroatoms. The number of hydrogen-bond donors (Lipinski definition) is 1. The van der Waals surface area contributed by atoms with Gasteiger partial charge in [0, 0.05) is 35.8 Å². The number of aliphatic hydroxyl groups excluding tert-OH is 1. The van der Waals surface area contributed by atoms with Gasteiger partial charge in [-0.25, -0.2) is 0 Å². The smallest absolute Gasteiger partial charge is 0.0772 e. The van der Waals surface area contributed by atoms with Crippen molar-refractivity contribution in [3.8, 4) is 0 Å². The zero-order valence-corrected chi connectivity index (χ0v) is 12.8. The molecule has 1 N–H and O–H groups in total. The van der Waals surface area contributed by atoms with Gasteiger partial charge in [-0.3, -0.25) is 0 Å². The van der Waals surface area contributed by atoms with Gasteiger partial charge in [-0.1, -0.05) is 22.0 Å². The molecule has 0 amide bonds. The number of nitrogens with zero attached hydrogens (tertiary/aromatic N) is 2. The molecule has 0 aliphatic carbocycles. The van der Waals surface area contributed by atoms with Crippen LogP contribution in [0.4, 0.5) is 5.69 Å². The lowest BCUT2D eigenvalue weighted by Crippen LogP contribution is -2.50. The third kappa shape index (κ3) is 2.87. The normalized spacial score (nSPS) is 23.2. The van der Waals surface area contributed by atoms with Crippen molar-refractivity contribution in [3.63, 3.8) is 0 Å². The average molecular weight is 313 g/mol. The Morgan fingerprint density at radius 2 is 2.11 bits per heavy atom. The van der Waals surface area contributed by atoms with Crippen LogP contribution in [-0.2, 0) is 0 Å². The first-order valence-electron chi connectivity index (χ1n) is 6.41. The van der Waals surface area contributed by atoms with Crippen LogP contribution >= 0.6 is 15.9 Å². The lowest BCUT2D eigenvalue weighted by Gasteiger charge is -2.39. The predicted octanol–water partition coefficient (Wildman–Crippen LogP) is 2.64. The predicted molar refractivity (Wildman–Crippen MR) is 79.1 cm³/mol. The number of hydrogen-bond acceptors (Lipinski definition) is 3. The fourth-order valence-corrected chi connectivity index (χ4v) is 3.03. The minimum Gasteiger partial charge on any atom is -0.389 e. The Hall–Kier alpha value is -0.580. The second-order valence-corrected chi connectivity index (χ2v) is 6.01. The maximum atomic E-state index is 9.63. The molecule has 0 spiro atoms. The van der Waals surface area contributed by atoms with Crippen LogP contribution in [0.1, 0.15) is 25.5 Å². The minimum atomic E-state index is -0.431. The summed E-state index contributed by atoms with van der Waals surface area (Å²) in [5.74, 6) is 0. The average Bonchev–Trinajstić information content (AvgIpc) is 2.32. The van der Waals surface area contributed by atoms with Gasteiger partial charge in [0.15, 0.2) is 0 Å². The first-order valence-corrected chi connectivity index (χ1v) is 7.21. The van der Waals surface area contributed by atoms with Gasteiger partial charge in [0.05, 0.1) is 6.10 Å². The standard InChI is InChI=1S/C14H21BrN2O/c1-10-9-17(7-6-16(10)3)12-4-5-13(11(2)18)14(15)8-12/h4-5,8,10-11,18H,6-7,9H2,1-3H3. The largest absolute Gasteiger partial charge is 0.389 e. The first-order chi connectivity index (χ1) is 8.49. The van der Waals surface area contributed by atoms with Crippen LogP contribution in [-0.4, -0.2) is 42.7 Å². The van der Waals surface area contributed by atoms with Gasteiger partial charge in [0.2, 0.25) is 0 Å². The molecule has 18 heavy (non-hydrogen) atoms. The van der Waals surface area contributed by atoms with Crippen LogP contribution in [0.3, 0.4) is 0 Å². The van der Waals surface area contributed by atoms with Gasteiger partial charge in [-0.2, -0.15) is 0 Å². The van der Waals surface area contributed by atoms with E-state index in [1.807, 2.05) is 6.07 Å². The third-order valence-electron chi connectivity index (χ3n) is 3.76. The van der Waals surface area contributed by atoms with Crippen molar-refractivity contribution in [2.75, 3.05) is 31.6 Å². The van der Waals surface area contributed by atoms with Crippen molar-refractivity contribution in [2.45, 2.75) is 26.0 Å². The zero-order chi connectivity index (χ0) is 13.3. The molecule has 0 radical (unpaired) electrons. The van der Waals surface area contributed by atoms with Crippen LogP contribution in [0.15, 0.2) is 22.7 Å². The van der Waals surface area contributed by atoms with Crippen LogP contribution in [0.25, 0.3) is 0 Å². The molecule has 1 aromatic rings. The van der Waals surface area contributed by atoms with E-state index in [0.717, 1.165) is 29.7 Å². The van der Waals surface area contributed by atoms with Crippen LogP contribution < -0.4 is 4.90 Å². The Labute approximate surface area is 118 Å². The molecule has 1 aliphatic heterocycles. The highest BCUT2D eigenvalue weighted by atomic mass is 79.9. The van der Waals surface area contributed by atoms with E-state index < -0.39 is 6.10 Å². The number of likely N-dealkylation sites (N-methyl/N-ethyl adjacent to an activating group) is 1. The maximum absolute atomic E-state index is 9.63. The molecule has 0 bridgehead atoms. The first kappa shape index (κ1) is 13.8. The van der Waals surface area contributed by atoms with Crippen molar-refractivity contribution in [1.29, 1.82) is 0 Å². The number of aliphatic hydroxyl groups is 1. The summed E-state index contributed by atoms with van der Waals surface area (Å²) in [6, 6.07) is 6.80. The van der Waals surface area contributed by atoms with Crippen molar-refractivity contribution in [2.24, 2.45) is 0 Å². The quantitative estimate of drug-likeness (QED) is 0.909. The van der Waals surface area contributed by atoms with Gasteiger partial charge in [-0.05, 0) is 38.6 Å². The van der Waals surface area contributed by atoms with Crippen LogP contribution in [0.5, 0.6) is 0 Å². The third-order valence-corrected chi connectivity index (χ3v) is 4.45. The fourth-order valence-electron chi connectivity index (χ4n) is 2.33. The molecule has 0 saturated carbocycles. The summed E-state index contributed by atoms with van der Waals surface area (Å²) >= 11 is 3.54. The van der Waals surface area contributed by atoms with E-state index in [1.165, 1.54) is 5.69 Å². The maximum Gasteiger partial charge on any atom is 0.0772 e. The van der Waals surface area contributed by atoms with E-state index in [-0.39, 0.29) is 0 Å². The van der Waals surface area contributed by atoms with E-state index in [2.05, 4.69) is 51.8 Å². The van der Waals surface area contributed by atoms with Gasteiger partial charge < -0.3 is 14.9 Å². The van der Waals surface area contributed by atoms with E-state index in [0.29, 0.717) is 6.04 Å². The van der Waals surface area contributed by atoms with Crippen molar-refractivity contribution in [3.05, 3.63) is 28.2 Å². The van der Waals surface area contributed by atoms with Crippen LogP contribution in [0, 0.1) is 0 Å². The molecule has 1 fully saturated rings. The second kappa shape index (κ2) is 5.59. The van der Waals surface area contributed by atoms with Gasteiger partial charge >= 0.3 is 0 Å². The monoisotopic (exact) mass is 312 g/mol. The molecule has 3 nitrogen and oxygen atoms in total. The second-order valence-electron chi connectivity index (χ2n) is 5.16. The Kier molecular flexibility index (Phi) is 4.30.